The average molecular weight is 246 g/mol. The van der Waals surface area contributed by atoms with E-state index in [2.05, 4.69) is 5.16 Å². The normalized spacial score (nSPS) is 10.3. The number of rotatable bonds is 3. The number of nitrogens with two attached hydrogens (primary N) is 1. The van der Waals surface area contributed by atoms with Crippen LogP contribution in [0.4, 0.5) is 5.69 Å². The molecule has 1 aromatic heterocycles. The Kier molecular flexibility index (Phi) is 3.32. The smallest absolute Gasteiger partial charge is 0.377 e. The van der Waals surface area contributed by atoms with Gasteiger partial charge in [0.1, 0.15) is 5.69 Å². The van der Waals surface area contributed by atoms with Crippen LogP contribution in [0, 0.1) is 6.92 Å². The Balaban J connectivity index is 2.32. The van der Waals surface area contributed by atoms with Gasteiger partial charge in [0.2, 0.25) is 5.76 Å². The van der Waals surface area contributed by atoms with Gasteiger partial charge in [0, 0.05) is 17.3 Å². The van der Waals surface area contributed by atoms with Crippen molar-refractivity contribution < 1.29 is 14.1 Å². The van der Waals surface area contributed by atoms with E-state index in [1.165, 1.54) is 0 Å². The highest BCUT2D eigenvalue weighted by atomic mass is 16.6. The molecule has 0 saturated carbocycles. The summed E-state index contributed by atoms with van der Waals surface area (Å²) in [5.74, 6) is -0.410. The molecule has 0 amide bonds. The van der Waals surface area contributed by atoms with E-state index in [1.54, 1.807) is 19.1 Å². The Morgan fingerprint density at radius 2 is 2.22 bits per heavy atom. The Morgan fingerprint density at radius 3 is 2.89 bits per heavy atom. The van der Waals surface area contributed by atoms with Crippen LogP contribution in [-0.4, -0.2) is 17.7 Å². The third-order valence-corrected chi connectivity index (χ3v) is 2.51. The highest BCUT2D eigenvalue weighted by Crippen LogP contribution is 2.24. The zero-order chi connectivity index (χ0) is 13.1. The van der Waals surface area contributed by atoms with Crippen molar-refractivity contribution in [1.82, 2.24) is 5.16 Å². The molecule has 0 fully saturated rings. The zero-order valence-electron chi connectivity index (χ0n) is 10.3. The Bertz CT molecular complexity index is 575. The second-order valence-corrected chi connectivity index (χ2v) is 3.87. The number of carbonyl (C=O) groups excluding carboxylic acids is 1. The van der Waals surface area contributed by atoms with Gasteiger partial charge >= 0.3 is 5.97 Å². The summed E-state index contributed by atoms with van der Waals surface area (Å²) in [4.78, 5) is 11.5. The number of carbonyl (C=O) groups is 1. The number of nitrogens with zero attached hydrogens (tertiary/aromatic N) is 1. The molecule has 0 saturated heterocycles. The molecule has 1 aromatic carbocycles. The summed E-state index contributed by atoms with van der Waals surface area (Å²) < 4.78 is 9.80. The number of benzene rings is 1. The number of aryl methyl sites for hydroxylation is 1. The summed E-state index contributed by atoms with van der Waals surface area (Å²) >= 11 is 0. The van der Waals surface area contributed by atoms with E-state index < -0.39 is 5.97 Å². The maximum atomic E-state index is 11.5. The molecule has 2 rings (SSSR count). The molecule has 0 aliphatic rings. The first-order chi connectivity index (χ1) is 8.61. The van der Waals surface area contributed by atoms with E-state index >= 15 is 0 Å². The highest BCUT2D eigenvalue weighted by molar-refractivity contribution is 5.87. The molecule has 94 valence electrons. The molecule has 0 radical (unpaired) electrons. The minimum Gasteiger partial charge on any atom is -0.460 e. The minimum absolute atomic E-state index is 0.100. The molecule has 0 aliphatic heterocycles. The van der Waals surface area contributed by atoms with Crippen LogP contribution in [0.15, 0.2) is 28.8 Å². The van der Waals surface area contributed by atoms with Crippen LogP contribution in [0.5, 0.6) is 0 Å². The van der Waals surface area contributed by atoms with Crippen LogP contribution in [0.1, 0.15) is 23.0 Å². The lowest BCUT2D eigenvalue weighted by Crippen LogP contribution is -2.02. The topological polar surface area (TPSA) is 78.4 Å². The quantitative estimate of drug-likeness (QED) is 0.664. The number of ether oxygens (including phenoxy) is 1. The van der Waals surface area contributed by atoms with Crippen molar-refractivity contribution in [2.75, 3.05) is 12.3 Å². The molecule has 18 heavy (non-hydrogen) atoms. The largest absolute Gasteiger partial charge is 0.460 e. The standard InChI is InChI=1S/C13H14N2O3/c1-3-17-13(16)12-7-11(15-18-12)10-5-4-9(14)6-8(10)2/h4-7H,3,14H2,1-2H3. The Hall–Kier alpha value is -2.30. The number of esters is 1. The first-order valence-corrected chi connectivity index (χ1v) is 5.62. The molecule has 0 spiro atoms. The van der Waals surface area contributed by atoms with Gasteiger partial charge in [-0.15, -0.1) is 0 Å². The summed E-state index contributed by atoms with van der Waals surface area (Å²) in [5.41, 5.74) is 8.81. The zero-order valence-corrected chi connectivity index (χ0v) is 10.3. The minimum atomic E-state index is -0.510. The summed E-state index contributed by atoms with van der Waals surface area (Å²) in [6, 6.07) is 7.03. The van der Waals surface area contributed by atoms with Crippen LogP contribution >= 0.6 is 0 Å². The van der Waals surface area contributed by atoms with Gasteiger partial charge in [0.15, 0.2) is 0 Å². The van der Waals surface area contributed by atoms with Gasteiger partial charge in [-0.2, -0.15) is 0 Å². The van der Waals surface area contributed by atoms with Crippen LogP contribution in [0.3, 0.4) is 0 Å². The van der Waals surface area contributed by atoms with E-state index in [-0.39, 0.29) is 5.76 Å². The second kappa shape index (κ2) is 4.91. The summed E-state index contributed by atoms with van der Waals surface area (Å²) in [6.07, 6.45) is 0. The van der Waals surface area contributed by atoms with E-state index in [0.29, 0.717) is 18.0 Å². The molecule has 0 bridgehead atoms. The number of aromatic nitrogens is 1. The summed E-state index contributed by atoms with van der Waals surface area (Å²) in [5, 5.41) is 3.86. The van der Waals surface area contributed by atoms with E-state index in [9.17, 15) is 4.79 Å². The van der Waals surface area contributed by atoms with E-state index in [4.69, 9.17) is 15.0 Å². The molecule has 5 heteroatoms. The molecule has 2 N–H and O–H groups in total. The maximum absolute atomic E-state index is 11.5. The van der Waals surface area contributed by atoms with E-state index in [0.717, 1.165) is 11.1 Å². The highest BCUT2D eigenvalue weighted by Gasteiger charge is 2.15. The van der Waals surface area contributed by atoms with Crippen LogP contribution in [0.2, 0.25) is 0 Å². The summed E-state index contributed by atoms with van der Waals surface area (Å²) in [6.45, 7) is 3.96. The molecule has 0 unspecified atom stereocenters. The molecular formula is C13H14N2O3. The van der Waals surface area contributed by atoms with E-state index in [1.807, 2.05) is 19.1 Å². The molecular weight excluding hydrogens is 232 g/mol. The van der Waals surface area contributed by atoms with Gasteiger partial charge < -0.3 is 15.0 Å². The fraction of sp³-hybridized carbons (Fsp3) is 0.231. The molecule has 0 atom stereocenters. The fourth-order valence-electron chi connectivity index (χ4n) is 1.67. The lowest BCUT2D eigenvalue weighted by Gasteiger charge is -2.02. The first-order valence-electron chi connectivity index (χ1n) is 5.62. The van der Waals surface area contributed by atoms with Crippen molar-refractivity contribution >= 4 is 11.7 Å². The summed E-state index contributed by atoms with van der Waals surface area (Å²) in [7, 11) is 0. The van der Waals surface area contributed by atoms with Crippen molar-refractivity contribution in [3.05, 3.63) is 35.6 Å². The van der Waals surface area contributed by atoms with Crippen LogP contribution in [-0.2, 0) is 4.74 Å². The van der Waals surface area contributed by atoms with Crippen LogP contribution in [0.25, 0.3) is 11.3 Å². The fourth-order valence-corrected chi connectivity index (χ4v) is 1.67. The Morgan fingerprint density at radius 1 is 1.44 bits per heavy atom. The predicted molar refractivity (Wildman–Crippen MR) is 67.0 cm³/mol. The number of hydrogen-bond donors (Lipinski definition) is 1. The van der Waals surface area contributed by atoms with Crippen molar-refractivity contribution in [3.8, 4) is 11.3 Å². The lowest BCUT2D eigenvalue weighted by molar-refractivity contribution is 0.0480. The number of nitrogen functional groups attached to an aromatic ring is 1. The van der Waals surface area contributed by atoms with Gasteiger partial charge in [-0.3, -0.25) is 0 Å². The molecule has 0 aliphatic carbocycles. The molecule has 2 aromatic rings. The van der Waals surface area contributed by atoms with Crippen molar-refractivity contribution in [1.29, 1.82) is 0 Å². The van der Waals surface area contributed by atoms with Crippen molar-refractivity contribution in [2.45, 2.75) is 13.8 Å². The number of hydrogen-bond acceptors (Lipinski definition) is 5. The number of anilines is 1. The van der Waals surface area contributed by atoms with Gasteiger partial charge in [0.25, 0.3) is 0 Å². The first kappa shape index (κ1) is 12.2. The third kappa shape index (κ3) is 2.34. The van der Waals surface area contributed by atoms with Gasteiger partial charge in [-0.25, -0.2) is 4.79 Å². The van der Waals surface area contributed by atoms with Gasteiger partial charge in [0.05, 0.1) is 6.61 Å². The third-order valence-electron chi connectivity index (χ3n) is 2.51. The molecule has 1 heterocycles. The molecule has 5 nitrogen and oxygen atoms in total. The average Bonchev–Trinajstić information content (AvgIpc) is 2.78. The second-order valence-electron chi connectivity index (χ2n) is 3.87. The van der Waals surface area contributed by atoms with Crippen molar-refractivity contribution in [3.63, 3.8) is 0 Å². The van der Waals surface area contributed by atoms with Crippen molar-refractivity contribution in [2.24, 2.45) is 0 Å². The SMILES string of the molecule is CCOC(=O)c1cc(-c2ccc(N)cc2C)no1. The van der Waals surface area contributed by atoms with Gasteiger partial charge in [-0.05, 0) is 31.5 Å². The Labute approximate surface area is 105 Å². The maximum Gasteiger partial charge on any atom is 0.377 e. The van der Waals surface area contributed by atoms with Crippen LogP contribution < -0.4 is 5.73 Å². The monoisotopic (exact) mass is 246 g/mol. The lowest BCUT2D eigenvalue weighted by atomic mass is 10.0. The van der Waals surface area contributed by atoms with Gasteiger partial charge in [-0.1, -0.05) is 11.2 Å². The predicted octanol–water partition coefficient (Wildman–Crippen LogP) is 2.41.